The van der Waals surface area contributed by atoms with Crippen molar-refractivity contribution in [3.05, 3.63) is 24.8 Å². The van der Waals surface area contributed by atoms with E-state index >= 15 is 0 Å². The molecule has 0 fully saturated rings. The van der Waals surface area contributed by atoms with Crippen LogP contribution < -0.4 is 5.90 Å². The largest absolute Gasteiger partial charge is 0.394 e. The normalized spacial score (nSPS) is 33.2. The third-order valence-corrected chi connectivity index (χ3v) is 1.97. The van der Waals surface area contributed by atoms with Crippen LogP contribution in [0.5, 0.6) is 0 Å². The Bertz CT molecular complexity index is 193. The molecule has 3 N–H and O–H groups in total. The standard InChI is InChI=1S/C9H15NO3/c1-2-3-7-4-5-8(13-10)9(6-11)12-7/h2,4-5,7-9,11H,1,3,6,10H2/t7-,8+,9-/m1/s1. The second-order valence-corrected chi connectivity index (χ2v) is 2.91. The molecule has 13 heavy (non-hydrogen) atoms. The van der Waals surface area contributed by atoms with Gasteiger partial charge in [-0.3, -0.25) is 4.84 Å². The van der Waals surface area contributed by atoms with E-state index in [0.717, 1.165) is 6.42 Å². The van der Waals surface area contributed by atoms with E-state index in [9.17, 15) is 0 Å². The molecular weight excluding hydrogens is 170 g/mol. The van der Waals surface area contributed by atoms with Crippen molar-refractivity contribution in [1.82, 2.24) is 0 Å². The number of hydrogen-bond donors (Lipinski definition) is 2. The van der Waals surface area contributed by atoms with E-state index in [1.54, 1.807) is 12.2 Å². The van der Waals surface area contributed by atoms with E-state index in [2.05, 4.69) is 11.4 Å². The van der Waals surface area contributed by atoms with E-state index in [-0.39, 0.29) is 24.9 Å². The molecule has 4 heteroatoms. The first-order valence-electron chi connectivity index (χ1n) is 4.23. The molecule has 1 aliphatic heterocycles. The average molecular weight is 185 g/mol. The highest BCUT2D eigenvalue weighted by Gasteiger charge is 2.26. The minimum Gasteiger partial charge on any atom is -0.394 e. The van der Waals surface area contributed by atoms with Gasteiger partial charge in [0, 0.05) is 0 Å². The van der Waals surface area contributed by atoms with Gasteiger partial charge in [-0.15, -0.1) is 6.58 Å². The fourth-order valence-corrected chi connectivity index (χ4v) is 1.28. The number of hydrogen-bond acceptors (Lipinski definition) is 4. The van der Waals surface area contributed by atoms with Crippen molar-refractivity contribution < 1.29 is 14.7 Å². The van der Waals surface area contributed by atoms with Crippen LogP contribution in [0.25, 0.3) is 0 Å². The molecule has 1 rings (SSSR count). The Morgan fingerprint density at radius 1 is 1.62 bits per heavy atom. The van der Waals surface area contributed by atoms with Crippen LogP contribution in [0.1, 0.15) is 6.42 Å². The lowest BCUT2D eigenvalue weighted by molar-refractivity contribution is -0.102. The predicted molar refractivity (Wildman–Crippen MR) is 48.8 cm³/mol. The van der Waals surface area contributed by atoms with Crippen LogP contribution in [0, 0.1) is 0 Å². The quantitative estimate of drug-likeness (QED) is 0.483. The summed E-state index contributed by atoms with van der Waals surface area (Å²) in [6.45, 7) is 3.52. The summed E-state index contributed by atoms with van der Waals surface area (Å²) >= 11 is 0. The van der Waals surface area contributed by atoms with Gasteiger partial charge in [-0.05, 0) is 6.42 Å². The summed E-state index contributed by atoms with van der Waals surface area (Å²) in [4.78, 5) is 4.62. The smallest absolute Gasteiger partial charge is 0.125 e. The molecule has 0 bridgehead atoms. The molecule has 0 saturated carbocycles. The summed E-state index contributed by atoms with van der Waals surface area (Å²) in [6.07, 6.45) is 5.41. The first-order chi connectivity index (χ1) is 6.31. The first-order valence-corrected chi connectivity index (χ1v) is 4.23. The third kappa shape index (κ3) is 2.63. The molecule has 74 valence electrons. The van der Waals surface area contributed by atoms with Gasteiger partial charge in [0.2, 0.25) is 0 Å². The van der Waals surface area contributed by atoms with E-state index in [0.29, 0.717) is 0 Å². The van der Waals surface area contributed by atoms with Crippen molar-refractivity contribution in [3.63, 3.8) is 0 Å². The Kier molecular flexibility index (Phi) is 4.11. The van der Waals surface area contributed by atoms with Crippen LogP contribution in [0.15, 0.2) is 24.8 Å². The van der Waals surface area contributed by atoms with Gasteiger partial charge in [-0.1, -0.05) is 18.2 Å². The maximum absolute atomic E-state index is 8.96. The summed E-state index contributed by atoms with van der Waals surface area (Å²) in [7, 11) is 0. The molecule has 0 aromatic carbocycles. The molecule has 0 amide bonds. The SMILES string of the molecule is C=CC[C@@H]1C=C[C@H](ON)[C@@H](CO)O1. The van der Waals surface area contributed by atoms with Crippen molar-refractivity contribution in [1.29, 1.82) is 0 Å². The van der Waals surface area contributed by atoms with Gasteiger partial charge in [-0.2, -0.15) is 0 Å². The topological polar surface area (TPSA) is 64.7 Å². The molecule has 4 nitrogen and oxygen atoms in total. The zero-order chi connectivity index (χ0) is 9.68. The van der Waals surface area contributed by atoms with Crippen LogP contribution in [0.2, 0.25) is 0 Å². The number of rotatable bonds is 4. The van der Waals surface area contributed by atoms with Gasteiger partial charge in [0.15, 0.2) is 0 Å². The molecule has 0 radical (unpaired) electrons. The average Bonchev–Trinajstić information content (AvgIpc) is 2.18. The first kappa shape index (κ1) is 10.4. The van der Waals surface area contributed by atoms with Crippen LogP contribution in [0.4, 0.5) is 0 Å². The molecule has 1 heterocycles. The van der Waals surface area contributed by atoms with Gasteiger partial charge < -0.3 is 9.84 Å². The molecule has 0 aliphatic carbocycles. The summed E-state index contributed by atoms with van der Waals surface area (Å²) in [5.41, 5.74) is 0. The summed E-state index contributed by atoms with van der Waals surface area (Å²) in [5, 5.41) is 8.96. The summed E-state index contributed by atoms with van der Waals surface area (Å²) in [6, 6.07) is 0. The number of nitrogens with two attached hydrogens (primary N) is 1. The van der Waals surface area contributed by atoms with Crippen molar-refractivity contribution in [2.45, 2.75) is 24.7 Å². The Hall–Kier alpha value is -0.680. The molecule has 0 spiro atoms. The lowest BCUT2D eigenvalue weighted by atomic mass is 10.1. The monoisotopic (exact) mass is 185 g/mol. The van der Waals surface area contributed by atoms with E-state index < -0.39 is 0 Å². The molecule has 1 aliphatic rings. The predicted octanol–water partition coefficient (Wildman–Crippen LogP) is 0.137. The van der Waals surface area contributed by atoms with Gasteiger partial charge in [0.25, 0.3) is 0 Å². The molecule has 0 unspecified atom stereocenters. The summed E-state index contributed by atoms with van der Waals surface area (Å²) in [5.74, 6) is 5.03. The molecule has 0 aromatic heterocycles. The van der Waals surface area contributed by atoms with Crippen molar-refractivity contribution in [3.8, 4) is 0 Å². The van der Waals surface area contributed by atoms with Crippen molar-refractivity contribution in [2.24, 2.45) is 5.90 Å². The van der Waals surface area contributed by atoms with Gasteiger partial charge in [0.05, 0.1) is 12.7 Å². The maximum Gasteiger partial charge on any atom is 0.125 e. The Morgan fingerprint density at radius 3 is 2.92 bits per heavy atom. The third-order valence-electron chi connectivity index (χ3n) is 1.97. The fourth-order valence-electron chi connectivity index (χ4n) is 1.28. The zero-order valence-electron chi connectivity index (χ0n) is 7.43. The highest BCUT2D eigenvalue weighted by molar-refractivity contribution is 5.04. The fraction of sp³-hybridized carbons (Fsp3) is 0.556. The highest BCUT2D eigenvalue weighted by Crippen LogP contribution is 2.16. The molecule has 3 atom stereocenters. The minimum atomic E-state index is -0.375. The minimum absolute atomic E-state index is 0.0268. The van der Waals surface area contributed by atoms with Crippen molar-refractivity contribution >= 4 is 0 Å². The maximum atomic E-state index is 8.96. The number of ether oxygens (including phenoxy) is 1. The van der Waals surface area contributed by atoms with Crippen LogP contribution in [0.3, 0.4) is 0 Å². The molecule has 0 aromatic rings. The second-order valence-electron chi connectivity index (χ2n) is 2.91. The van der Waals surface area contributed by atoms with Crippen LogP contribution >= 0.6 is 0 Å². The lowest BCUT2D eigenvalue weighted by Gasteiger charge is -2.29. The highest BCUT2D eigenvalue weighted by atomic mass is 16.6. The zero-order valence-corrected chi connectivity index (χ0v) is 7.43. The van der Waals surface area contributed by atoms with Crippen LogP contribution in [-0.4, -0.2) is 30.0 Å². The van der Waals surface area contributed by atoms with Crippen LogP contribution in [-0.2, 0) is 9.57 Å². The Morgan fingerprint density at radius 2 is 2.38 bits per heavy atom. The number of aliphatic hydroxyl groups excluding tert-OH is 1. The Labute approximate surface area is 77.6 Å². The molecule has 0 saturated heterocycles. The number of aliphatic hydroxyl groups is 1. The van der Waals surface area contributed by atoms with Gasteiger partial charge in [0.1, 0.15) is 12.2 Å². The van der Waals surface area contributed by atoms with Gasteiger partial charge in [-0.25, -0.2) is 5.90 Å². The summed E-state index contributed by atoms with van der Waals surface area (Å²) < 4.78 is 5.47. The lowest BCUT2D eigenvalue weighted by Crippen LogP contribution is -2.40. The second kappa shape index (κ2) is 5.14. The molecular formula is C9H15NO3. The van der Waals surface area contributed by atoms with E-state index in [1.165, 1.54) is 0 Å². The van der Waals surface area contributed by atoms with E-state index in [1.807, 2.05) is 6.08 Å². The van der Waals surface area contributed by atoms with Gasteiger partial charge >= 0.3 is 0 Å². The van der Waals surface area contributed by atoms with E-state index in [4.69, 9.17) is 15.7 Å². The Balaban J connectivity index is 2.55. The van der Waals surface area contributed by atoms with Crippen molar-refractivity contribution in [2.75, 3.05) is 6.61 Å².